The molecule has 4 nitrogen and oxygen atoms in total. The summed E-state index contributed by atoms with van der Waals surface area (Å²) < 4.78 is 16.0. The Bertz CT molecular complexity index is 679. The second-order valence-corrected chi connectivity index (χ2v) is 5.33. The van der Waals surface area contributed by atoms with Crippen LogP contribution in [0.3, 0.4) is 0 Å². The average molecular weight is 298 g/mol. The van der Waals surface area contributed by atoms with Crippen LogP contribution in [0.5, 0.6) is 17.2 Å². The standard InChI is InChI=1S/C18H18O4/c1-20-16-10-13-9-14(8-12-6-4-3-5-7-12)18(19)22-15(13)11-17(16)21-2/h3-7,10-11,14H,8-9H2,1-2H3. The number of rotatable bonds is 4. The summed E-state index contributed by atoms with van der Waals surface area (Å²) in [5, 5.41) is 0. The number of benzene rings is 2. The first-order valence-electron chi connectivity index (χ1n) is 7.21. The van der Waals surface area contributed by atoms with Crippen LogP contribution in [0.1, 0.15) is 11.1 Å². The molecule has 1 aliphatic rings. The minimum atomic E-state index is -0.191. The molecule has 0 saturated carbocycles. The van der Waals surface area contributed by atoms with Gasteiger partial charge in [-0.05, 0) is 30.0 Å². The largest absolute Gasteiger partial charge is 0.493 e. The molecule has 2 aromatic rings. The molecule has 4 heteroatoms. The van der Waals surface area contributed by atoms with Crippen LogP contribution >= 0.6 is 0 Å². The van der Waals surface area contributed by atoms with Gasteiger partial charge in [0.15, 0.2) is 11.5 Å². The Morgan fingerprint density at radius 1 is 1.09 bits per heavy atom. The van der Waals surface area contributed by atoms with Crippen molar-refractivity contribution in [2.45, 2.75) is 12.8 Å². The Hall–Kier alpha value is -2.49. The molecule has 0 bridgehead atoms. The molecule has 0 amide bonds. The monoisotopic (exact) mass is 298 g/mol. The summed E-state index contributed by atoms with van der Waals surface area (Å²) in [5.74, 6) is 1.41. The van der Waals surface area contributed by atoms with Crippen molar-refractivity contribution in [2.75, 3.05) is 14.2 Å². The fourth-order valence-electron chi connectivity index (χ4n) is 2.75. The van der Waals surface area contributed by atoms with Crippen LogP contribution in [-0.4, -0.2) is 20.2 Å². The molecular formula is C18H18O4. The van der Waals surface area contributed by atoms with E-state index in [-0.39, 0.29) is 11.9 Å². The minimum absolute atomic E-state index is 0.173. The normalized spacial score (nSPS) is 16.6. The molecule has 1 heterocycles. The highest BCUT2D eigenvalue weighted by atomic mass is 16.5. The van der Waals surface area contributed by atoms with Crippen LogP contribution in [0.25, 0.3) is 0 Å². The van der Waals surface area contributed by atoms with Crippen molar-refractivity contribution in [2.24, 2.45) is 5.92 Å². The van der Waals surface area contributed by atoms with E-state index in [1.165, 1.54) is 0 Å². The fraction of sp³-hybridized carbons (Fsp3) is 0.278. The summed E-state index contributed by atoms with van der Waals surface area (Å²) in [5.41, 5.74) is 2.10. The maximum Gasteiger partial charge on any atom is 0.315 e. The zero-order chi connectivity index (χ0) is 15.5. The van der Waals surface area contributed by atoms with Crippen molar-refractivity contribution in [3.05, 3.63) is 53.6 Å². The molecule has 3 rings (SSSR count). The zero-order valence-corrected chi connectivity index (χ0v) is 12.7. The molecule has 0 aliphatic carbocycles. The molecular weight excluding hydrogens is 280 g/mol. The van der Waals surface area contributed by atoms with Gasteiger partial charge in [-0.3, -0.25) is 4.79 Å². The molecule has 0 fully saturated rings. The van der Waals surface area contributed by atoms with E-state index in [4.69, 9.17) is 14.2 Å². The molecule has 1 atom stereocenters. The number of ether oxygens (including phenoxy) is 3. The number of carbonyl (C=O) groups is 1. The number of hydrogen-bond donors (Lipinski definition) is 0. The van der Waals surface area contributed by atoms with E-state index in [1.807, 2.05) is 36.4 Å². The molecule has 0 radical (unpaired) electrons. The van der Waals surface area contributed by atoms with Crippen LogP contribution in [0.2, 0.25) is 0 Å². The van der Waals surface area contributed by atoms with Crippen molar-refractivity contribution in [3.63, 3.8) is 0 Å². The van der Waals surface area contributed by atoms with Crippen molar-refractivity contribution in [1.29, 1.82) is 0 Å². The maximum absolute atomic E-state index is 12.2. The number of hydrogen-bond acceptors (Lipinski definition) is 4. The van der Waals surface area contributed by atoms with E-state index < -0.39 is 0 Å². The van der Waals surface area contributed by atoms with Crippen LogP contribution in [0, 0.1) is 5.92 Å². The first kappa shape index (κ1) is 14.4. The van der Waals surface area contributed by atoms with Crippen molar-refractivity contribution in [3.8, 4) is 17.2 Å². The molecule has 22 heavy (non-hydrogen) atoms. The van der Waals surface area contributed by atoms with E-state index in [1.54, 1.807) is 20.3 Å². The van der Waals surface area contributed by atoms with Gasteiger partial charge in [-0.25, -0.2) is 0 Å². The molecule has 0 spiro atoms. The van der Waals surface area contributed by atoms with Crippen LogP contribution in [-0.2, 0) is 17.6 Å². The smallest absolute Gasteiger partial charge is 0.315 e. The lowest BCUT2D eigenvalue weighted by atomic mass is 9.90. The Balaban J connectivity index is 1.86. The third kappa shape index (κ3) is 2.77. The summed E-state index contributed by atoms with van der Waals surface area (Å²) in [6.07, 6.45) is 1.32. The van der Waals surface area contributed by atoms with Gasteiger partial charge in [0.25, 0.3) is 0 Å². The molecule has 114 valence electrons. The van der Waals surface area contributed by atoms with E-state index in [2.05, 4.69) is 0 Å². The van der Waals surface area contributed by atoms with E-state index >= 15 is 0 Å². The Kier molecular flexibility index (Phi) is 4.00. The summed E-state index contributed by atoms with van der Waals surface area (Å²) in [4.78, 5) is 12.2. The summed E-state index contributed by atoms with van der Waals surface area (Å²) in [7, 11) is 3.16. The molecule has 2 aromatic carbocycles. The lowest BCUT2D eigenvalue weighted by Gasteiger charge is -2.24. The number of esters is 1. The first-order valence-corrected chi connectivity index (χ1v) is 7.21. The average Bonchev–Trinajstić information content (AvgIpc) is 2.55. The highest BCUT2D eigenvalue weighted by molar-refractivity contribution is 5.79. The highest BCUT2D eigenvalue weighted by Gasteiger charge is 2.30. The van der Waals surface area contributed by atoms with Gasteiger partial charge in [-0.2, -0.15) is 0 Å². The van der Waals surface area contributed by atoms with Crippen LogP contribution < -0.4 is 14.2 Å². The molecule has 0 N–H and O–H groups in total. The summed E-state index contributed by atoms with van der Waals surface area (Å²) in [6, 6.07) is 13.6. The Morgan fingerprint density at radius 2 is 1.77 bits per heavy atom. The summed E-state index contributed by atoms with van der Waals surface area (Å²) >= 11 is 0. The summed E-state index contributed by atoms with van der Waals surface area (Å²) in [6.45, 7) is 0. The van der Waals surface area contributed by atoms with Crippen LogP contribution in [0.4, 0.5) is 0 Å². The van der Waals surface area contributed by atoms with Crippen molar-refractivity contribution < 1.29 is 19.0 Å². The predicted molar refractivity (Wildman–Crippen MR) is 82.5 cm³/mol. The second-order valence-electron chi connectivity index (χ2n) is 5.33. The van der Waals surface area contributed by atoms with Crippen molar-refractivity contribution in [1.82, 2.24) is 0 Å². The molecule has 0 saturated heterocycles. The predicted octanol–water partition coefficient (Wildman–Crippen LogP) is 3.02. The van der Waals surface area contributed by atoms with E-state index in [9.17, 15) is 4.79 Å². The van der Waals surface area contributed by atoms with Crippen LogP contribution in [0.15, 0.2) is 42.5 Å². The second kappa shape index (κ2) is 6.10. The Morgan fingerprint density at radius 3 is 2.45 bits per heavy atom. The third-order valence-corrected chi connectivity index (χ3v) is 3.90. The van der Waals surface area contributed by atoms with Gasteiger partial charge in [-0.15, -0.1) is 0 Å². The topological polar surface area (TPSA) is 44.8 Å². The van der Waals surface area contributed by atoms with Gasteiger partial charge in [0.05, 0.1) is 20.1 Å². The van der Waals surface area contributed by atoms with Gasteiger partial charge in [-0.1, -0.05) is 30.3 Å². The molecule has 1 aliphatic heterocycles. The SMILES string of the molecule is COc1cc2c(cc1OC)OC(=O)C(Cc1ccccc1)C2. The number of carbonyl (C=O) groups excluding carboxylic acids is 1. The molecule has 1 unspecified atom stereocenters. The lowest BCUT2D eigenvalue weighted by Crippen LogP contribution is -2.29. The number of fused-ring (bicyclic) bond motifs is 1. The fourth-order valence-corrected chi connectivity index (χ4v) is 2.75. The van der Waals surface area contributed by atoms with Crippen molar-refractivity contribution >= 4 is 5.97 Å². The van der Waals surface area contributed by atoms with Gasteiger partial charge in [0.2, 0.25) is 0 Å². The van der Waals surface area contributed by atoms with Gasteiger partial charge < -0.3 is 14.2 Å². The molecule has 0 aromatic heterocycles. The third-order valence-electron chi connectivity index (χ3n) is 3.90. The van der Waals surface area contributed by atoms with E-state index in [0.29, 0.717) is 30.1 Å². The minimum Gasteiger partial charge on any atom is -0.493 e. The Labute approximate surface area is 129 Å². The number of methoxy groups -OCH3 is 2. The van der Waals surface area contributed by atoms with Gasteiger partial charge in [0, 0.05) is 6.07 Å². The highest BCUT2D eigenvalue weighted by Crippen LogP contribution is 2.38. The van der Waals surface area contributed by atoms with Gasteiger partial charge >= 0.3 is 5.97 Å². The van der Waals surface area contributed by atoms with E-state index in [0.717, 1.165) is 11.1 Å². The lowest BCUT2D eigenvalue weighted by molar-refractivity contribution is -0.140. The quantitative estimate of drug-likeness (QED) is 0.643. The zero-order valence-electron chi connectivity index (χ0n) is 12.7. The van der Waals surface area contributed by atoms with Gasteiger partial charge in [0.1, 0.15) is 5.75 Å². The maximum atomic E-state index is 12.2. The first-order chi connectivity index (χ1) is 10.7.